The van der Waals surface area contributed by atoms with Gasteiger partial charge in [-0.2, -0.15) is 0 Å². The molecule has 3 rings (SSSR count). The lowest BCUT2D eigenvalue weighted by molar-refractivity contribution is -0.115. The zero-order valence-electron chi connectivity index (χ0n) is 15.7. The molecule has 0 saturated carbocycles. The van der Waals surface area contributed by atoms with Crippen molar-refractivity contribution >= 4 is 21.8 Å². The number of hydrogen-bond acceptors (Lipinski definition) is 6. The zero-order valence-corrected chi connectivity index (χ0v) is 16.5. The van der Waals surface area contributed by atoms with Gasteiger partial charge in [0.05, 0.1) is 17.1 Å². The van der Waals surface area contributed by atoms with Crippen LogP contribution in [0, 0.1) is 13.8 Å². The maximum atomic E-state index is 12.3. The Hall–Kier alpha value is -3.00. The lowest BCUT2D eigenvalue weighted by Crippen LogP contribution is -2.15. The SMILES string of the molecule is Cc1ccc(C)c(CC(=O)Nc2nnc(CCS(=O)(=O)c3ccccc3)o2)c1. The van der Waals surface area contributed by atoms with Crippen LogP contribution in [0.25, 0.3) is 0 Å². The van der Waals surface area contributed by atoms with Gasteiger partial charge in [0.25, 0.3) is 0 Å². The van der Waals surface area contributed by atoms with Crippen LogP contribution in [0.2, 0.25) is 0 Å². The molecule has 0 aliphatic heterocycles. The van der Waals surface area contributed by atoms with Crippen molar-refractivity contribution < 1.29 is 17.6 Å². The summed E-state index contributed by atoms with van der Waals surface area (Å²) in [5.41, 5.74) is 3.03. The van der Waals surface area contributed by atoms with Gasteiger partial charge in [0.15, 0.2) is 9.84 Å². The summed E-state index contributed by atoms with van der Waals surface area (Å²) in [6.07, 6.45) is 0.255. The summed E-state index contributed by atoms with van der Waals surface area (Å²) < 4.78 is 29.9. The molecule has 1 N–H and O–H groups in total. The van der Waals surface area contributed by atoms with E-state index in [1.54, 1.807) is 30.3 Å². The second kappa shape index (κ2) is 8.35. The van der Waals surface area contributed by atoms with E-state index < -0.39 is 9.84 Å². The molecule has 0 aliphatic carbocycles. The Morgan fingerprint density at radius 3 is 2.57 bits per heavy atom. The molecule has 146 valence electrons. The number of aryl methyl sites for hydroxylation is 3. The maximum Gasteiger partial charge on any atom is 0.322 e. The fourth-order valence-electron chi connectivity index (χ4n) is 2.70. The summed E-state index contributed by atoms with van der Waals surface area (Å²) in [4.78, 5) is 12.5. The number of amides is 1. The predicted octanol–water partition coefficient (Wildman–Crippen LogP) is 2.88. The van der Waals surface area contributed by atoms with Crippen molar-refractivity contribution in [3.8, 4) is 0 Å². The molecule has 28 heavy (non-hydrogen) atoms. The molecule has 1 amide bonds. The fraction of sp³-hybridized carbons (Fsp3) is 0.250. The molecule has 0 saturated heterocycles. The predicted molar refractivity (Wildman–Crippen MR) is 105 cm³/mol. The summed E-state index contributed by atoms with van der Waals surface area (Å²) in [7, 11) is -3.44. The summed E-state index contributed by atoms with van der Waals surface area (Å²) in [5, 5.41) is 10.1. The highest BCUT2D eigenvalue weighted by atomic mass is 32.2. The first-order valence-electron chi connectivity index (χ1n) is 8.80. The van der Waals surface area contributed by atoms with Crippen LogP contribution in [0.15, 0.2) is 57.8 Å². The van der Waals surface area contributed by atoms with E-state index in [0.29, 0.717) is 0 Å². The second-order valence-electron chi connectivity index (χ2n) is 6.54. The fourth-order valence-corrected chi connectivity index (χ4v) is 3.95. The third-order valence-corrected chi connectivity index (χ3v) is 5.99. The van der Waals surface area contributed by atoms with Crippen LogP contribution in [0.3, 0.4) is 0 Å². The van der Waals surface area contributed by atoms with Crippen LogP contribution in [0.1, 0.15) is 22.6 Å². The van der Waals surface area contributed by atoms with Crippen molar-refractivity contribution in [2.45, 2.75) is 31.6 Å². The Labute approximate surface area is 163 Å². The average Bonchev–Trinajstić information content (AvgIpc) is 3.11. The van der Waals surface area contributed by atoms with Gasteiger partial charge in [0.2, 0.25) is 11.8 Å². The topological polar surface area (TPSA) is 102 Å². The molecule has 0 aliphatic rings. The molecule has 7 nitrogen and oxygen atoms in total. The van der Waals surface area contributed by atoms with Crippen molar-refractivity contribution in [2.75, 3.05) is 11.1 Å². The lowest BCUT2D eigenvalue weighted by atomic mass is 10.0. The van der Waals surface area contributed by atoms with E-state index in [9.17, 15) is 13.2 Å². The molecule has 8 heteroatoms. The highest BCUT2D eigenvalue weighted by Crippen LogP contribution is 2.15. The van der Waals surface area contributed by atoms with E-state index in [4.69, 9.17) is 4.42 Å². The van der Waals surface area contributed by atoms with Crippen molar-refractivity contribution in [1.29, 1.82) is 0 Å². The largest absolute Gasteiger partial charge is 0.408 e. The molecule has 2 aromatic carbocycles. The Balaban J connectivity index is 1.58. The lowest BCUT2D eigenvalue weighted by Gasteiger charge is -2.06. The molecular formula is C20H21N3O4S. The number of benzene rings is 2. The van der Waals surface area contributed by atoms with Crippen LogP contribution in [0.4, 0.5) is 6.01 Å². The van der Waals surface area contributed by atoms with Crippen LogP contribution in [0.5, 0.6) is 0 Å². The molecule has 1 heterocycles. The molecule has 0 spiro atoms. The number of sulfone groups is 1. The van der Waals surface area contributed by atoms with Crippen LogP contribution in [-0.4, -0.2) is 30.3 Å². The first-order valence-corrected chi connectivity index (χ1v) is 10.4. The number of rotatable bonds is 7. The molecule has 0 fully saturated rings. The summed E-state index contributed by atoms with van der Waals surface area (Å²) in [5.74, 6) is -0.280. The maximum absolute atomic E-state index is 12.3. The monoisotopic (exact) mass is 399 g/mol. The van der Waals surface area contributed by atoms with Gasteiger partial charge in [-0.1, -0.05) is 47.1 Å². The number of anilines is 1. The highest BCUT2D eigenvalue weighted by molar-refractivity contribution is 7.91. The van der Waals surface area contributed by atoms with Gasteiger partial charge in [-0.25, -0.2) is 8.42 Å². The Morgan fingerprint density at radius 1 is 1.07 bits per heavy atom. The number of nitrogens with zero attached hydrogens (tertiary/aromatic N) is 2. The number of hydrogen-bond donors (Lipinski definition) is 1. The minimum Gasteiger partial charge on any atom is -0.408 e. The quantitative estimate of drug-likeness (QED) is 0.655. The van der Waals surface area contributed by atoms with Crippen LogP contribution >= 0.6 is 0 Å². The molecule has 0 radical (unpaired) electrons. The highest BCUT2D eigenvalue weighted by Gasteiger charge is 2.17. The normalized spacial score (nSPS) is 11.4. The van der Waals surface area contributed by atoms with Gasteiger partial charge < -0.3 is 4.42 Å². The Morgan fingerprint density at radius 2 is 1.82 bits per heavy atom. The third-order valence-electron chi connectivity index (χ3n) is 4.26. The van der Waals surface area contributed by atoms with Crippen LogP contribution < -0.4 is 5.32 Å². The number of aromatic nitrogens is 2. The van der Waals surface area contributed by atoms with Gasteiger partial charge in [0.1, 0.15) is 0 Å². The van der Waals surface area contributed by atoms with Crippen molar-refractivity contribution in [2.24, 2.45) is 0 Å². The first kappa shape index (κ1) is 19.8. The van der Waals surface area contributed by atoms with Gasteiger partial charge in [-0.3, -0.25) is 10.1 Å². The van der Waals surface area contributed by atoms with Gasteiger partial charge in [0, 0.05) is 6.42 Å². The molecule has 1 aromatic heterocycles. The molecule has 0 atom stereocenters. The van der Waals surface area contributed by atoms with Gasteiger partial charge in [-0.15, -0.1) is 5.10 Å². The van der Waals surface area contributed by atoms with Crippen LogP contribution in [-0.2, 0) is 27.5 Å². The molecule has 0 unspecified atom stereocenters. The first-order chi connectivity index (χ1) is 13.3. The summed E-state index contributed by atoms with van der Waals surface area (Å²) in [6.45, 7) is 3.91. The third kappa shape index (κ3) is 5.04. The number of carbonyl (C=O) groups excluding carboxylic acids is 1. The Kier molecular flexibility index (Phi) is 5.89. The van der Waals surface area contributed by atoms with Crippen molar-refractivity contribution in [1.82, 2.24) is 10.2 Å². The van der Waals surface area contributed by atoms with Gasteiger partial charge >= 0.3 is 6.01 Å². The van der Waals surface area contributed by atoms with Crippen molar-refractivity contribution in [3.63, 3.8) is 0 Å². The Bertz CT molecular complexity index is 1080. The van der Waals surface area contributed by atoms with E-state index in [-0.39, 0.29) is 41.3 Å². The van der Waals surface area contributed by atoms with E-state index in [2.05, 4.69) is 15.5 Å². The van der Waals surface area contributed by atoms with E-state index in [1.165, 1.54) is 0 Å². The summed E-state index contributed by atoms with van der Waals surface area (Å²) in [6, 6.07) is 14.1. The molecule has 0 bridgehead atoms. The number of carbonyl (C=O) groups is 1. The summed E-state index contributed by atoms with van der Waals surface area (Å²) >= 11 is 0. The van der Waals surface area contributed by atoms with E-state index >= 15 is 0 Å². The van der Waals surface area contributed by atoms with Crippen molar-refractivity contribution in [3.05, 3.63) is 71.1 Å². The number of nitrogens with one attached hydrogen (secondary N) is 1. The van der Waals surface area contributed by atoms with E-state index in [1.807, 2.05) is 32.0 Å². The average molecular weight is 399 g/mol. The smallest absolute Gasteiger partial charge is 0.322 e. The molecular weight excluding hydrogens is 378 g/mol. The molecule has 3 aromatic rings. The van der Waals surface area contributed by atoms with Gasteiger partial charge in [-0.05, 0) is 37.1 Å². The second-order valence-corrected chi connectivity index (χ2v) is 8.65. The standard InChI is InChI=1S/C20H21N3O4S/c1-14-8-9-15(2)16(12-14)13-18(24)21-20-23-22-19(27-20)10-11-28(25,26)17-6-4-3-5-7-17/h3-9,12H,10-11,13H2,1-2H3,(H,21,23,24). The minimum atomic E-state index is -3.44. The minimum absolute atomic E-state index is 0.0394. The van der Waals surface area contributed by atoms with E-state index in [0.717, 1.165) is 16.7 Å². The zero-order chi connectivity index (χ0) is 20.1.